The Bertz CT molecular complexity index is 766. The molecule has 5 rings (SSSR count). The second-order valence-electron chi connectivity index (χ2n) is 6.89. The highest BCUT2D eigenvalue weighted by Crippen LogP contribution is 2.59. The molecule has 1 amide bonds. The van der Waals surface area contributed by atoms with E-state index in [4.69, 9.17) is 0 Å². The summed E-state index contributed by atoms with van der Waals surface area (Å²) >= 11 is 0. The monoisotopic (exact) mass is 294 g/mol. The number of allylic oxidation sites excluding steroid dienone is 1. The fourth-order valence-electron chi connectivity index (χ4n) is 5.30. The highest BCUT2D eigenvalue weighted by atomic mass is 16.2. The van der Waals surface area contributed by atoms with Gasteiger partial charge in [0, 0.05) is 37.8 Å². The molecule has 0 bridgehead atoms. The number of carbonyl (C=O) groups excluding carboxylic acids is 2. The van der Waals surface area contributed by atoms with Crippen LogP contribution in [0.3, 0.4) is 0 Å². The van der Waals surface area contributed by atoms with Crippen molar-refractivity contribution in [2.45, 2.75) is 37.1 Å². The highest BCUT2D eigenvalue weighted by molar-refractivity contribution is 5.99. The van der Waals surface area contributed by atoms with E-state index in [1.165, 1.54) is 16.8 Å². The van der Waals surface area contributed by atoms with Gasteiger partial charge in [0.15, 0.2) is 5.78 Å². The van der Waals surface area contributed by atoms with Crippen molar-refractivity contribution in [1.82, 2.24) is 4.90 Å². The molecule has 1 aromatic carbocycles. The van der Waals surface area contributed by atoms with Gasteiger partial charge in [-0.2, -0.15) is 0 Å². The first-order valence-corrected chi connectivity index (χ1v) is 8.02. The average Bonchev–Trinajstić information content (AvgIpc) is 3.03. The summed E-state index contributed by atoms with van der Waals surface area (Å²) < 4.78 is 0. The van der Waals surface area contributed by atoms with Crippen molar-refractivity contribution in [3.05, 3.63) is 41.1 Å². The summed E-state index contributed by atoms with van der Waals surface area (Å²) in [6.45, 7) is 0.754. The second-order valence-corrected chi connectivity index (χ2v) is 6.89. The fourth-order valence-corrected chi connectivity index (χ4v) is 5.30. The van der Waals surface area contributed by atoms with E-state index in [9.17, 15) is 9.59 Å². The van der Waals surface area contributed by atoms with Crippen LogP contribution in [0.4, 0.5) is 5.69 Å². The van der Waals surface area contributed by atoms with Crippen LogP contribution in [0.25, 0.3) is 0 Å². The minimum Gasteiger partial charge on any atom is -0.363 e. The van der Waals surface area contributed by atoms with E-state index in [1.54, 1.807) is 0 Å². The molecule has 0 N–H and O–H groups in total. The van der Waals surface area contributed by atoms with Crippen LogP contribution in [0, 0.1) is 0 Å². The largest absolute Gasteiger partial charge is 0.363 e. The molecule has 112 valence electrons. The zero-order chi connectivity index (χ0) is 15.1. The third-order valence-electron chi connectivity index (χ3n) is 6.01. The molecule has 4 heteroatoms. The summed E-state index contributed by atoms with van der Waals surface area (Å²) in [5.41, 5.74) is 4.48. The number of ketones is 1. The Balaban J connectivity index is 1.85. The van der Waals surface area contributed by atoms with Crippen molar-refractivity contribution in [3.63, 3.8) is 0 Å². The molecule has 1 aromatic rings. The Morgan fingerprint density at radius 2 is 2.00 bits per heavy atom. The lowest BCUT2D eigenvalue weighted by atomic mass is 9.65. The van der Waals surface area contributed by atoms with Gasteiger partial charge in [0.1, 0.15) is 6.04 Å². The molecule has 0 saturated carbocycles. The van der Waals surface area contributed by atoms with Crippen molar-refractivity contribution < 1.29 is 9.59 Å². The minimum absolute atomic E-state index is 0.139. The first-order chi connectivity index (χ1) is 10.6. The Morgan fingerprint density at radius 3 is 2.86 bits per heavy atom. The van der Waals surface area contributed by atoms with Crippen LogP contribution in [0.5, 0.6) is 0 Å². The number of carbonyl (C=O) groups is 2. The maximum absolute atomic E-state index is 12.9. The molecule has 1 aliphatic carbocycles. The van der Waals surface area contributed by atoms with Gasteiger partial charge in [-0.15, -0.1) is 0 Å². The molecule has 0 radical (unpaired) electrons. The maximum Gasteiger partial charge on any atom is 0.227 e. The lowest BCUT2D eigenvalue weighted by Gasteiger charge is -2.42. The molecule has 22 heavy (non-hydrogen) atoms. The lowest BCUT2D eigenvalue weighted by Crippen LogP contribution is -2.53. The van der Waals surface area contributed by atoms with Crippen molar-refractivity contribution in [1.29, 1.82) is 0 Å². The maximum atomic E-state index is 12.9. The topological polar surface area (TPSA) is 40.6 Å². The fraction of sp³-hybridized carbons (Fsp3) is 0.444. The van der Waals surface area contributed by atoms with Crippen LogP contribution in [-0.4, -0.2) is 36.2 Å². The average molecular weight is 294 g/mol. The molecule has 1 saturated heterocycles. The van der Waals surface area contributed by atoms with Crippen LogP contribution >= 0.6 is 0 Å². The number of nitrogens with zero attached hydrogens (tertiary/aromatic N) is 2. The summed E-state index contributed by atoms with van der Waals surface area (Å²) in [5.74, 6) is 0.546. The summed E-state index contributed by atoms with van der Waals surface area (Å²) in [4.78, 5) is 29.4. The van der Waals surface area contributed by atoms with E-state index < -0.39 is 0 Å². The molecule has 1 spiro atoms. The van der Waals surface area contributed by atoms with E-state index in [0.717, 1.165) is 25.1 Å². The van der Waals surface area contributed by atoms with E-state index in [-0.39, 0.29) is 17.4 Å². The lowest BCUT2D eigenvalue weighted by molar-refractivity contribution is -0.130. The molecule has 3 aliphatic heterocycles. The van der Waals surface area contributed by atoms with E-state index in [0.29, 0.717) is 18.6 Å². The highest BCUT2D eigenvalue weighted by Gasteiger charge is 2.62. The van der Waals surface area contributed by atoms with Crippen molar-refractivity contribution in [2.24, 2.45) is 0 Å². The summed E-state index contributed by atoms with van der Waals surface area (Å²) in [5, 5.41) is 0. The molecule has 2 atom stereocenters. The number of amides is 1. The minimum atomic E-state index is -0.286. The number of fused-ring (bicyclic) bond motifs is 1. The first kappa shape index (κ1) is 12.4. The molecular formula is C18H18N2O2. The van der Waals surface area contributed by atoms with Crippen LogP contribution in [0.15, 0.2) is 35.5 Å². The molecule has 0 unspecified atom stereocenters. The normalized spacial score (nSPS) is 32.3. The van der Waals surface area contributed by atoms with Gasteiger partial charge < -0.3 is 9.80 Å². The number of benzene rings is 1. The Kier molecular flexibility index (Phi) is 2.15. The summed E-state index contributed by atoms with van der Waals surface area (Å²) in [6.07, 6.45) is 2.71. The van der Waals surface area contributed by atoms with Crippen molar-refractivity contribution >= 4 is 17.4 Å². The Labute approximate surface area is 129 Å². The van der Waals surface area contributed by atoms with Gasteiger partial charge in [-0.1, -0.05) is 18.2 Å². The first-order valence-electron chi connectivity index (χ1n) is 8.02. The number of likely N-dealkylation sites (N-methyl/N-ethyl adjacent to an activating group) is 1. The molecule has 4 nitrogen and oxygen atoms in total. The van der Waals surface area contributed by atoms with Gasteiger partial charge in [0.2, 0.25) is 5.91 Å². The zero-order valence-corrected chi connectivity index (χ0v) is 12.6. The van der Waals surface area contributed by atoms with Crippen LogP contribution in [-0.2, 0) is 15.0 Å². The smallest absolute Gasteiger partial charge is 0.227 e. The third-order valence-corrected chi connectivity index (χ3v) is 6.01. The number of hydrogen-bond acceptors (Lipinski definition) is 3. The molecule has 4 aliphatic rings. The number of para-hydroxylation sites is 1. The number of hydrogen-bond donors (Lipinski definition) is 0. The van der Waals surface area contributed by atoms with E-state index >= 15 is 0 Å². The van der Waals surface area contributed by atoms with Gasteiger partial charge in [0.05, 0.1) is 5.41 Å². The second kappa shape index (κ2) is 3.80. The standard InChI is InChI=1S/C18H18N2O2/c1-19-13-5-3-2-4-12(13)18-8-9-20-15(22)7-6-11(16(18)20)10-14(21)17(18)19/h2-5,17H,6-10H2,1H3/t17-,18+/m0/s1. The van der Waals surface area contributed by atoms with Crippen LogP contribution in [0.2, 0.25) is 0 Å². The molecule has 1 fully saturated rings. The van der Waals surface area contributed by atoms with Gasteiger partial charge in [-0.05, 0) is 30.0 Å². The zero-order valence-electron chi connectivity index (χ0n) is 12.6. The van der Waals surface area contributed by atoms with E-state index in [1.807, 2.05) is 18.0 Å². The van der Waals surface area contributed by atoms with Gasteiger partial charge >= 0.3 is 0 Å². The predicted octanol–water partition coefficient (Wildman–Crippen LogP) is 2.00. The van der Waals surface area contributed by atoms with Crippen LogP contribution < -0.4 is 4.90 Å². The predicted molar refractivity (Wildman–Crippen MR) is 82.5 cm³/mol. The third kappa shape index (κ3) is 1.18. The van der Waals surface area contributed by atoms with Gasteiger partial charge in [0.25, 0.3) is 0 Å². The van der Waals surface area contributed by atoms with Gasteiger partial charge in [-0.3, -0.25) is 9.59 Å². The molecular weight excluding hydrogens is 276 g/mol. The van der Waals surface area contributed by atoms with Crippen molar-refractivity contribution in [3.8, 4) is 0 Å². The SMILES string of the molecule is CN1c2ccccc2[C@]23CCN4C(=O)CCC(=C42)CC(=O)[C@H]13. The Hall–Kier alpha value is -2.10. The quantitative estimate of drug-likeness (QED) is 0.735. The summed E-state index contributed by atoms with van der Waals surface area (Å²) in [7, 11) is 2.02. The number of Topliss-reactive ketones (excluding diaryl/α,β-unsaturated/α-hetero) is 1. The van der Waals surface area contributed by atoms with E-state index in [2.05, 4.69) is 23.1 Å². The molecule has 3 heterocycles. The van der Waals surface area contributed by atoms with Crippen LogP contribution in [0.1, 0.15) is 31.2 Å². The number of rotatable bonds is 0. The van der Waals surface area contributed by atoms with Gasteiger partial charge in [-0.25, -0.2) is 0 Å². The molecule has 0 aromatic heterocycles. The number of anilines is 1. The Morgan fingerprint density at radius 1 is 1.18 bits per heavy atom. The summed E-state index contributed by atoms with van der Waals surface area (Å²) in [6, 6.07) is 8.19. The van der Waals surface area contributed by atoms with Crippen molar-refractivity contribution in [2.75, 3.05) is 18.5 Å².